The molecule has 1 aliphatic carbocycles. The van der Waals surface area contributed by atoms with E-state index in [1.807, 2.05) is 0 Å². The van der Waals surface area contributed by atoms with E-state index < -0.39 is 0 Å². The maximum absolute atomic E-state index is 11.6. The minimum absolute atomic E-state index is 0.0106. The summed E-state index contributed by atoms with van der Waals surface area (Å²) >= 11 is 0. The molecular weight excluding hydrogens is 188 g/mol. The van der Waals surface area contributed by atoms with Gasteiger partial charge in [-0.3, -0.25) is 4.79 Å². The van der Waals surface area contributed by atoms with Gasteiger partial charge in [-0.2, -0.15) is 0 Å². The first-order valence-corrected chi connectivity index (χ1v) is 5.81. The van der Waals surface area contributed by atoms with Gasteiger partial charge in [-0.25, -0.2) is 0 Å². The highest BCUT2D eigenvalue weighted by Crippen LogP contribution is 2.21. The molecule has 0 heterocycles. The first-order chi connectivity index (χ1) is 6.99. The molecule has 0 saturated carbocycles. The molecule has 0 spiro atoms. The van der Waals surface area contributed by atoms with Gasteiger partial charge in [0.05, 0.1) is 12.5 Å². The van der Waals surface area contributed by atoms with Gasteiger partial charge in [0.2, 0.25) is 0 Å². The van der Waals surface area contributed by atoms with Crippen LogP contribution in [0.5, 0.6) is 0 Å². The molecule has 0 N–H and O–H groups in total. The van der Waals surface area contributed by atoms with Gasteiger partial charge in [-0.15, -0.1) is 0 Å². The van der Waals surface area contributed by atoms with Crippen molar-refractivity contribution in [3.8, 4) is 0 Å². The van der Waals surface area contributed by atoms with Crippen molar-refractivity contribution < 1.29 is 9.53 Å². The number of hydrogen-bond donors (Lipinski definition) is 0. The Kier molecular flexibility index (Phi) is 4.37. The fraction of sp³-hybridized carbons (Fsp3) is 0.769. The summed E-state index contributed by atoms with van der Waals surface area (Å²) in [5.74, 6) is 0.0959. The summed E-state index contributed by atoms with van der Waals surface area (Å²) in [4.78, 5) is 11.6. The maximum Gasteiger partial charge on any atom is 0.309 e. The fourth-order valence-electron chi connectivity index (χ4n) is 1.58. The van der Waals surface area contributed by atoms with Crippen LogP contribution in [0, 0.1) is 11.3 Å². The van der Waals surface area contributed by atoms with Crippen LogP contribution in [0.15, 0.2) is 12.2 Å². The van der Waals surface area contributed by atoms with Crippen LogP contribution in [0.25, 0.3) is 0 Å². The van der Waals surface area contributed by atoms with Gasteiger partial charge in [0.15, 0.2) is 0 Å². The Hall–Kier alpha value is -0.790. The van der Waals surface area contributed by atoms with E-state index in [1.54, 1.807) is 0 Å². The highest BCUT2D eigenvalue weighted by Gasteiger charge is 2.20. The van der Waals surface area contributed by atoms with Gasteiger partial charge < -0.3 is 4.74 Å². The predicted octanol–water partition coefficient (Wildman–Crippen LogP) is 3.32. The summed E-state index contributed by atoms with van der Waals surface area (Å²) in [6, 6.07) is 0. The number of allylic oxidation sites excluding steroid dienone is 2. The van der Waals surface area contributed by atoms with Crippen LogP contribution in [-0.2, 0) is 9.53 Å². The second-order valence-corrected chi connectivity index (χ2v) is 5.46. The van der Waals surface area contributed by atoms with Crippen LogP contribution in [0.1, 0.15) is 46.5 Å². The lowest BCUT2D eigenvalue weighted by atomic mass is 9.92. The van der Waals surface area contributed by atoms with E-state index in [4.69, 9.17) is 4.74 Å². The van der Waals surface area contributed by atoms with Crippen LogP contribution < -0.4 is 0 Å². The van der Waals surface area contributed by atoms with Crippen molar-refractivity contribution in [3.63, 3.8) is 0 Å². The van der Waals surface area contributed by atoms with Gasteiger partial charge in [0.1, 0.15) is 0 Å². The standard InChI is InChI=1S/C13H22O2/c1-13(2,3)9-10-15-12(14)11-7-5-4-6-8-11/h4-5,11H,6-10H2,1-3H3. The smallest absolute Gasteiger partial charge is 0.309 e. The summed E-state index contributed by atoms with van der Waals surface area (Å²) in [5.41, 5.74) is 0.243. The summed E-state index contributed by atoms with van der Waals surface area (Å²) in [6.45, 7) is 7.03. The fourth-order valence-corrected chi connectivity index (χ4v) is 1.58. The van der Waals surface area contributed by atoms with E-state index in [-0.39, 0.29) is 17.3 Å². The van der Waals surface area contributed by atoms with Crippen molar-refractivity contribution in [2.24, 2.45) is 11.3 Å². The van der Waals surface area contributed by atoms with E-state index in [0.717, 1.165) is 25.7 Å². The van der Waals surface area contributed by atoms with Crippen LogP contribution in [0.3, 0.4) is 0 Å². The number of carbonyl (C=O) groups is 1. The SMILES string of the molecule is CC(C)(C)CCOC(=O)C1CC=CCC1. The third-order valence-corrected chi connectivity index (χ3v) is 2.70. The molecule has 1 unspecified atom stereocenters. The average molecular weight is 210 g/mol. The van der Waals surface area contributed by atoms with Crippen molar-refractivity contribution in [3.05, 3.63) is 12.2 Å². The lowest BCUT2D eigenvalue weighted by Gasteiger charge is -2.20. The van der Waals surface area contributed by atoms with Gasteiger partial charge in [0.25, 0.3) is 0 Å². The minimum Gasteiger partial charge on any atom is -0.465 e. The average Bonchev–Trinajstić information content (AvgIpc) is 2.17. The van der Waals surface area contributed by atoms with Crippen molar-refractivity contribution >= 4 is 5.97 Å². The highest BCUT2D eigenvalue weighted by molar-refractivity contribution is 5.72. The summed E-state index contributed by atoms with van der Waals surface area (Å²) < 4.78 is 5.28. The van der Waals surface area contributed by atoms with Crippen LogP contribution >= 0.6 is 0 Å². The molecular formula is C13H22O2. The third-order valence-electron chi connectivity index (χ3n) is 2.70. The van der Waals surface area contributed by atoms with E-state index in [1.165, 1.54) is 0 Å². The lowest BCUT2D eigenvalue weighted by Crippen LogP contribution is -2.21. The maximum atomic E-state index is 11.6. The topological polar surface area (TPSA) is 26.3 Å². The van der Waals surface area contributed by atoms with E-state index in [2.05, 4.69) is 32.9 Å². The van der Waals surface area contributed by atoms with Gasteiger partial charge in [-0.1, -0.05) is 32.9 Å². The molecule has 15 heavy (non-hydrogen) atoms. The Morgan fingerprint density at radius 1 is 1.40 bits per heavy atom. The molecule has 0 aliphatic heterocycles. The largest absolute Gasteiger partial charge is 0.465 e. The second kappa shape index (κ2) is 5.34. The second-order valence-electron chi connectivity index (χ2n) is 5.46. The molecule has 1 rings (SSSR count). The van der Waals surface area contributed by atoms with Crippen molar-refractivity contribution in [2.45, 2.75) is 46.5 Å². The molecule has 86 valence electrons. The van der Waals surface area contributed by atoms with Gasteiger partial charge in [-0.05, 0) is 31.1 Å². The normalized spacial score (nSPS) is 21.4. The Bertz CT molecular complexity index is 235. The number of rotatable bonds is 3. The lowest BCUT2D eigenvalue weighted by molar-refractivity contribution is -0.149. The predicted molar refractivity (Wildman–Crippen MR) is 61.5 cm³/mol. The van der Waals surface area contributed by atoms with Gasteiger partial charge in [0, 0.05) is 0 Å². The monoisotopic (exact) mass is 210 g/mol. The molecule has 1 aliphatic rings. The van der Waals surface area contributed by atoms with Crippen LogP contribution in [0.2, 0.25) is 0 Å². The molecule has 1 atom stereocenters. The first-order valence-electron chi connectivity index (χ1n) is 5.81. The molecule has 0 aromatic heterocycles. The zero-order valence-electron chi connectivity index (χ0n) is 10.1. The van der Waals surface area contributed by atoms with E-state index >= 15 is 0 Å². The van der Waals surface area contributed by atoms with Crippen molar-refractivity contribution in [1.82, 2.24) is 0 Å². The Morgan fingerprint density at radius 3 is 2.67 bits per heavy atom. The Balaban J connectivity index is 2.21. The van der Waals surface area contributed by atoms with Crippen LogP contribution in [0.4, 0.5) is 0 Å². The molecule has 2 nitrogen and oxygen atoms in total. The van der Waals surface area contributed by atoms with E-state index in [9.17, 15) is 4.79 Å². The minimum atomic E-state index is -0.0106. The Labute approximate surface area is 92.7 Å². The Morgan fingerprint density at radius 2 is 2.13 bits per heavy atom. The molecule has 0 aromatic rings. The number of carbonyl (C=O) groups excluding carboxylic acids is 1. The third kappa shape index (κ3) is 5.01. The van der Waals surface area contributed by atoms with Gasteiger partial charge >= 0.3 is 5.97 Å². The van der Waals surface area contributed by atoms with E-state index in [0.29, 0.717) is 6.61 Å². The molecule has 2 heteroatoms. The van der Waals surface area contributed by atoms with Crippen molar-refractivity contribution in [2.75, 3.05) is 6.61 Å². The molecule has 0 aromatic carbocycles. The highest BCUT2D eigenvalue weighted by atomic mass is 16.5. The molecule has 0 radical (unpaired) electrons. The first kappa shape index (κ1) is 12.3. The zero-order valence-corrected chi connectivity index (χ0v) is 10.1. The molecule has 0 bridgehead atoms. The molecule has 0 fully saturated rings. The van der Waals surface area contributed by atoms with Crippen molar-refractivity contribution in [1.29, 1.82) is 0 Å². The summed E-state index contributed by atoms with van der Waals surface area (Å²) in [5, 5.41) is 0. The molecule has 0 saturated heterocycles. The number of hydrogen-bond acceptors (Lipinski definition) is 2. The zero-order chi connectivity index (χ0) is 11.3. The van der Waals surface area contributed by atoms with Crippen LogP contribution in [-0.4, -0.2) is 12.6 Å². The molecule has 0 amide bonds. The number of ether oxygens (including phenoxy) is 1. The summed E-state index contributed by atoms with van der Waals surface area (Å²) in [6.07, 6.45) is 7.97. The summed E-state index contributed by atoms with van der Waals surface area (Å²) in [7, 11) is 0. The quantitative estimate of drug-likeness (QED) is 0.527. The number of esters is 1.